The normalized spacial score (nSPS) is 12.2. The molecule has 100 valence electrons. The van der Waals surface area contributed by atoms with Crippen molar-refractivity contribution in [1.29, 1.82) is 0 Å². The van der Waals surface area contributed by atoms with Crippen molar-refractivity contribution < 1.29 is 13.6 Å². The van der Waals surface area contributed by atoms with E-state index in [4.69, 9.17) is 5.73 Å². The van der Waals surface area contributed by atoms with Crippen LogP contribution in [0.4, 0.5) is 8.78 Å². The first kappa shape index (κ1) is 14.6. The van der Waals surface area contributed by atoms with Gasteiger partial charge in [0, 0.05) is 12.1 Å². The smallest absolute Gasteiger partial charge is 0.237 e. The first-order chi connectivity index (χ1) is 8.54. The maximum Gasteiger partial charge on any atom is 0.237 e. The summed E-state index contributed by atoms with van der Waals surface area (Å²) in [6.45, 7) is 1.95. The number of unbranched alkanes of at least 4 members (excludes halogenated alkanes) is 1. The van der Waals surface area contributed by atoms with Crippen LogP contribution in [0.2, 0.25) is 0 Å². The lowest BCUT2D eigenvalue weighted by atomic mass is 10.1. The van der Waals surface area contributed by atoms with E-state index in [1.807, 2.05) is 6.92 Å². The van der Waals surface area contributed by atoms with Gasteiger partial charge in [0.1, 0.15) is 11.6 Å². The van der Waals surface area contributed by atoms with Crippen molar-refractivity contribution in [3.05, 3.63) is 35.4 Å². The quantitative estimate of drug-likeness (QED) is 0.819. The van der Waals surface area contributed by atoms with Gasteiger partial charge in [-0.2, -0.15) is 0 Å². The monoisotopic (exact) mass is 256 g/mol. The molecule has 3 nitrogen and oxygen atoms in total. The maximum atomic E-state index is 13.3. The summed E-state index contributed by atoms with van der Waals surface area (Å²) in [6, 6.07) is 2.54. The highest BCUT2D eigenvalue weighted by Crippen LogP contribution is 2.09. The minimum Gasteiger partial charge on any atom is -0.351 e. The van der Waals surface area contributed by atoms with Crippen LogP contribution in [-0.2, 0) is 11.3 Å². The van der Waals surface area contributed by atoms with E-state index in [0.717, 1.165) is 31.0 Å². The van der Waals surface area contributed by atoms with Crippen LogP contribution < -0.4 is 11.1 Å². The molecule has 1 amide bonds. The highest BCUT2D eigenvalue weighted by molar-refractivity contribution is 5.81. The topological polar surface area (TPSA) is 55.1 Å². The van der Waals surface area contributed by atoms with Gasteiger partial charge in [0.25, 0.3) is 0 Å². The molecule has 1 atom stereocenters. The molecule has 0 heterocycles. The minimum absolute atomic E-state index is 0.0533. The van der Waals surface area contributed by atoms with Crippen molar-refractivity contribution in [2.45, 2.75) is 38.8 Å². The molecule has 3 N–H and O–H groups in total. The molecular weight excluding hydrogens is 238 g/mol. The third-order valence-corrected chi connectivity index (χ3v) is 2.67. The Morgan fingerprint density at radius 2 is 2.17 bits per heavy atom. The van der Waals surface area contributed by atoms with E-state index in [0.29, 0.717) is 6.42 Å². The number of carbonyl (C=O) groups excluding carboxylic acids is 1. The summed E-state index contributed by atoms with van der Waals surface area (Å²) in [5.41, 5.74) is 5.77. The molecule has 5 heteroatoms. The number of amides is 1. The summed E-state index contributed by atoms with van der Waals surface area (Å²) >= 11 is 0. The van der Waals surface area contributed by atoms with E-state index in [-0.39, 0.29) is 18.0 Å². The summed E-state index contributed by atoms with van der Waals surface area (Å²) < 4.78 is 26.2. The number of carbonyl (C=O) groups is 1. The lowest BCUT2D eigenvalue weighted by Crippen LogP contribution is -2.40. The zero-order chi connectivity index (χ0) is 13.5. The molecule has 1 rings (SSSR count). The number of rotatable bonds is 6. The zero-order valence-electron chi connectivity index (χ0n) is 10.4. The standard InChI is InChI=1S/C13H18F2N2O/c1-2-3-4-12(16)13(18)17-8-9-7-10(14)5-6-11(9)15/h5-7,12H,2-4,8,16H2,1H3,(H,17,18). The SMILES string of the molecule is CCCCC(N)C(=O)NCc1cc(F)ccc1F. The third kappa shape index (κ3) is 4.41. The molecule has 0 saturated carbocycles. The van der Waals surface area contributed by atoms with Crippen molar-refractivity contribution in [3.8, 4) is 0 Å². The molecule has 0 spiro atoms. The lowest BCUT2D eigenvalue weighted by molar-refractivity contribution is -0.122. The Labute approximate surface area is 105 Å². The Kier molecular flexibility index (Phi) is 5.71. The van der Waals surface area contributed by atoms with Crippen LogP contribution >= 0.6 is 0 Å². The molecule has 0 bridgehead atoms. The molecule has 1 aromatic rings. The summed E-state index contributed by atoms with van der Waals surface area (Å²) in [7, 11) is 0. The number of nitrogens with one attached hydrogen (secondary N) is 1. The molecule has 0 aliphatic heterocycles. The second kappa shape index (κ2) is 7.06. The van der Waals surface area contributed by atoms with Crippen LogP contribution in [0.25, 0.3) is 0 Å². The molecular formula is C13H18F2N2O. The first-order valence-electron chi connectivity index (χ1n) is 6.01. The molecule has 1 aromatic carbocycles. The summed E-state index contributed by atoms with van der Waals surface area (Å²) in [6.07, 6.45) is 2.41. The van der Waals surface area contributed by atoms with E-state index in [9.17, 15) is 13.6 Å². The van der Waals surface area contributed by atoms with E-state index in [1.165, 1.54) is 0 Å². The second-order valence-electron chi connectivity index (χ2n) is 4.20. The number of benzene rings is 1. The summed E-state index contributed by atoms with van der Waals surface area (Å²) in [4.78, 5) is 11.6. The predicted molar refractivity (Wildman–Crippen MR) is 65.7 cm³/mol. The molecule has 0 radical (unpaired) electrons. The van der Waals surface area contributed by atoms with E-state index in [2.05, 4.69) is 5.32 Å². The van der Waals surface area contributed by atoms with Crippen molar-refractivity contribution in [1.82, 2.24) is 5.32 Å². The average molecular weight is 256 g/mol. The molecule has 0 aliphatic carbocycles. The van der Waals surface area contributed by atoms with Gasteiger partial charge in [0.15, 0.2) is 0 Å². The average Bonchev–Trinajstić information content (AvgIpc) is 2.36. The van der Waals surface area contributed by atoms with Crippen LogP contribution in [-0.4, -0.2) is 11.9 Å². The Morgan fingerprint density at radius 1 is 1.44 bits per heavy atom. The van der Waals surface area contributed by atoms with Gasteiger partial charge in [0.05, 0.1) is 6.04 Å². The van der Waals surface area contributed by atoms with Gasteiger partial charge in [-0.05, 0) is 24.6 Å². The van der Waals surface area contributed by atoms with Crippen molar-refractivity contribution in [3.63, 3.8) is 0 Å². The number of hydrogen-bond donors (Lipinski definition) is 2. The lowest BCUT2D eigenvalue weighted by Gasteiger charge is -2.12. The van der Waals surface area contributed by atoms with E-state index in [1.54, 1.807) is 0 Å². The van der Waals surface area contributed by atoms with Crippen LogP contribution in [0, 0.1) is 11.6 Å². The van der Waals surface area contributed by atoms with Crippen LogP contribution in [0.3, 0.4) is 0 Å². The maximum absolute atomic E-state index is 13.3. The Hall–Kier alpha value is -1.49. The Bertz CT molecular complexity index is 410. The third-order valence-electron chi connectivity index (χ3n) is 2.67. The molecule has 18 heavy (non-hydrogen) atoms. The van der Waals surface area contributed by atoms with Gasteiger partial charge in [-0.1, -0.05) is 19.8 Å². The fourth-order valence-corrected chi connectivity index (χ4v) is 1.55. The first-order valence-corrected chi connectivity index (χ1v) is 6.01. The van der Waals surface area contributed by atoms with Gasteiger partial charge in [-0.25, -0.2) is 8.78 Å². The van der Waals surface area contributed by atoms with Gasteiger partial charge >= 0.3 is 0 Å². The second-order valence-corrected chi connectivity index (χ2v) is 4.20. The van der Waals surface area contributed by atoms with E-state index < -0.39 is 17.7 Å². The number of halogens is 2. The van der Waals surface area contributed by atoms with Gasteiger partial charge in [0.2, 0.25) is 5.91 Å². The highest BCUT2D eigenvalue weighted by atomic mass is 19.1. The molecule has 0 saturated heterocycles. The van der Waals surface area contributed by atoms with Crippen LogP contribution in [0.1, 0.15) is 31.7 Å². The van der Waals surface area contributed by atoms with Gasteiger partial charge in [-0.3, -0.25) is 4.79 Å². The molecule has 0 aromatic heterocycles. The predicted octanol–water partition coefficient (Wildman–Crippen LogP) is 2.10. The highest BCUT2D eigenvalue weighted by Gasteiger charge is 2.13. The zero-order valence-corrected chi connectivity index (χ0v) is 10.4. The van der Waals surface area contributed by atoms with Crippen LogP contribution in [0.5, 0.6) is 0 Å². The molecule has 0 fully saturated rings. The largest absolute Gasteiger partial charge is 0.351 e. The molecule has 0 aliphatic rings. The van der Waals surface area contributed by atoms with Crippen molar-refractivity contribution in [2.75, 3.05) is 0 Å². The van der Waals surface area contributed by atoms with Crippen molar-refractivity contribution in [2.24, 2.45) is 5.73 Å². The Morgan fingerprint density at radius 3 is 2.83 bits per heavy atom. The summed E-state index contributed by atoms with van der Waals surface area (Å²) in [5, 5.41) is 2.51. The fraction of sp³-hybridized carbons (Fsp3) is 0.462. The molecule has 1 unspecified atom stereocenters. The van der Waals surface area contributed by atoms with Crippen molar-refractivity contribution >= 4 is 5.91 Å². The minimum atomic E-state index is -0.596. The fourth-order valence-electron chi connectivity index (χ4n) is 1.55. The van der Waals surface area contributed by atoms with E-state index >= 15 is 0 Å². The van der Waals surface area contributed by atoms with Crippen LogP contribution in [0.15, 0.2) is 18.2 Å². The summed E-state index contributed by atoms with van der Waals surface area (Å²) in [5.74, 6) is -1.41. The Balaban J connectivity index is 2.49. The number of nitrogens with two attached hydrogens (primary N) is 1. The number of hydrogen-bond acceptors (Lipinski definition) is 2. The van der Waals surface area contributed by atoms with Gasteiger partial charge in [-0.15, -0.1) is 0 Å². The van der Waals surface area contributed by atoms with Gasteiger partial charge < -0.3 is 11.1 Å².